The van der Waals surface area contributed by atoms with E-state index in [2.05, 4.69) is 0 Å². The van der Waals surface area contributed by atoms with Crippen molar-refractivity contribution in [1.29, 1.82) is 0 Å². The molecule has 0 saturated heterocycles. The first-order valence-corrected chi connectivity index (χ1v) is 5.08. The summed E-state index contributed by atoms with van der Waals surface area (Å²) in [4.78, 5) is 10.3. The molecule has 0 bridgehead atoms. The molecule has 4 nitrogen and oxygen atoms in total. The van der Waals surface area contributed by atoms with Crippen molar-refractivity contribution in [3.05, 3.63) is 52.1 Å². The highest BCUT2D eigenvalue weighted by Gasteiger charge is 2.30. The Kier molecular flexibility index (Phi) is 1.83. The maximum atomic E-state index is 10.7. The molecule has 0 spiro atoms. The van der Waals surface area contributed by atoms with Gasteiger partial charge in [0.15, 0.2) is 0 Å². The zero-order valence-electron chi connectivity index (χ0n) is 8.42. The van der Waals surface area contributed by atoms with Crippen molar-refractivity contribution in [2.75, 3.05) is 0 Å². The third-order valence-electron chi connectivity index (χ3n) is 2.86. The fourth-order valence-corrected chi connectivity index (χ4v) is 2.10. The summed E-state index contributed by atoms with van der Waals surface area (Å²) in [6.07, 6.45) is 6.82. The van der Waals surface area contributed by atoms with Gasteiger partial charge in [-0.3, -0.25) is 10.1 Å². The van der Waals surface area contributed by atoms with E-state index < -0.39 is 0 Å². The highest BCUT2D eigenvalue weighted by atomic mass is 16.6. The van der Waals surface area contributed by atoms with Gasteiger partial charge in [-0.15, -0.1) is 0 Å². The Hall–Kier alpha value is -2.10. The number of fused-ring (bicyclic) bond motifs is 3. The van der Waals surface area contributed by atoms with E-state index in [1.807, 2.05) is 18.2 Å². The van der Waals surface area contributed by atoms with Gasteiger partial charge in [0, 0.05) is 29.7 Å². The van der Waals surface area contributed by atoms with E-state index >= 15 is 0 Å². The molecule has 1 aliphatic heterocycles. The number of nitrogens with zero attached hydrogens (tertiary/aromatic N) is 1. The lowest BCUT2D eigenvalue weighted by Crippen LogP contribution is -2.12. The molecule has 16 heavy (non-hydrogen) atoms. The SMILES string of the molecule is O=[N+]([O-])c1ccc2c(c1)C1=CC=CC[C@@H]1O2. The second kappa shape index (κ2) is 3.20. The number of nitro benzene ring substituents is 1. The maximum absolute atomic E-state index is 10.7. The molecule has 0 N–H and O–H groups in total. The van der Waals surface area contributed by atoms with Crippen molar-refractivity contribution in [2.24, 2.45) is 0 Å². The Bertz CT molecular complexity index is 531. The quantitative estimate of drug-likeness (QED) is 0.534. The summed E-state index contributed by atoms with van der Waals surface area (Å²) < 4.78 is 5.70. The molecule has 1 atom stereocenters. The first kappa shape index (κ1) is 9.15. The minimum absolute atomic E-state index is 0.0296. The molecule has 1 aromatic carbocycles. The molecule has 0 fully saturated rings. The normalized spacial score (nSPS) is 20.8. The number of hydrogen-bond acceptors (Lipinski definition) is 3. The standard InChI is InChI=1S/C12H9NO3/c14-13(15)8-5-6-12-10(7-8)9-3-1-2-4-11(9)16-12/h1-3,5-7,11H,4H2/t11-/m0/s1. The van der Waals surface area contributed by atoms with E-state index in [4.69, 9.17) is 4.74 Å². The molecule has 1 heterocycles. The molecular formula is C12H9NO3. The fraction of sp³-hybridized carbons (Fsp3) is 0.167. The molecule has 0 aromatic heterocycles. The lowest BCUT2D eigenvalue weighted by atomic mass is 9.97. The Morgan fingerprint density at radius 2 is 2.31 bits per heavy atom. The minimum Gasteiger partial charge on any atom is -0.485 e. The monoisotopic (exact) mass is 215 g/mol. The van der Waals surface area contributed by atoms with Crippen LogP contribution in [0.2, 0.25) is 0 Å². The number of hydrogen-bond donors (Lipinski definition) is 0. The van der Waals surface area contributed by atoms with Gasteiger partial charge in [0.2, 0.25) is 0 Å². The zero-order valence-corrected chi connectivity index (χ0v) is 8.42. The predicted molar refractivity (Wildman–Crippen MR) is 59.2 cm³/mol. The van der Waals surface area contributed by atoms with Gasteiger partial charge in [0.1, 0.15) is 11.9 Å². The number of ether oxygens (including phenoxy) is 1. The van der Waals surface area contributed by atoms with Crippen LogP contribution in [-0.4, -0.2) is 11.0 Å². The van der Waals surface area contributed by atoms with Crippen LogP contribution in [-0.2, 0) is 0 Å². The van der Waals surface area contributed by atoms with Gasteiger partial charge in [0.25, 0.3) is 5.69 Å². The van der Waals surface area contributed by atoms with Gasteiger partial charge in [0.05, 0.1) is 4.92 Å². The summed E-state index contributed by atoms with van der Waals surface area (Å²) in [6, 6.07) is 4.73. The smallest absolute Gasteiger partial charge is 0.270 e. The first-order chi connectivity index (χ1) is 7.75. The van der Waals surface area contributed by atoms with Gasteiger partial charge in [-0.2, -0.15) is 0 Å². The number of rotatable bonds is 1. The summed E-state index contributed by atoms with van der Waals surface area (Å²) in [7, 11) is 0. The number of allylic oxidation sites excluding steroid dienone is 2. The Labute approximate surface area is 92.0 Å². The second-order valence-corrected chi connectivity index (χ2v) is 3.83. The molecular weight excluding hydrogens is 206 g/mol. The Morgan fingerprint density at radius 3 is 3.12 bits per heavy atom. The largest absolute Gasteiger partial charge is 0.485 e. The lowest BCUT2D eigenvalue weighted by molar-refractivity contribution is -0.384. The highest BCUT2D eigenvalue weighted by molar-refractivity contribution is 5.80. The van der Waals surface area contributed by atoms with Crippen LogP contribution in [0.1, 0.15) is 12.0 Å². The Morgan fingerprint density at radius 1 is 1.44 bits per heavy atom. The van der Waals surface area contributed by atoms with Gasteiger partial charge in [-0.05, 0) is 6.07 Å². The van der Waals surface area contributed by atoms with E-state index in [9.17, 15) is 10.1 Å². The molecule has 4 heteroatoms. The van der Waals surface area contributed by atoms with Crippen LogP contribution in [0.4, 0.5) is 5.69 Å². The van der Waals surface area contributed by atoms with Crippen LogP contribution in [0.25, 0.3) is 5.57 Å². The summed E-state index contributed by atoms with van der Waals surface area (Å²) in [5, 5.41) is 10.7. The summed E-state index contributed by atoms with van der Waals surface area (Å²) in [5.41, 5.74) is 2.00. The maximum Gasteiger partial charge on any atom is 0.270 e. The molecule has 2 aliphatic rings. The first-order valence-electron chi connectivity index (χ1n) is 5.08. The van der Waals surface area contributed by atoms with Crippen LogP contribution < -0.4 is 4.74 Å². The summed E-state index contributed by atoms with van der Waals surface area (Å²) in [6.45, 7) is 0. The van der Waals surface area contributed by atoms with E-state index in [0.29, 0.717) is 0 Å². The third-order valence-corrected chi connectivity index (χ3v) is 2.86. The average Bonchev–Trinajstić information content (AvgIpc) is 2.66. The van der Waals surface area contributed by atoms with Crippen molar-refractivity contribution < 1.29 is 9.66 Å². The topological polar surface area (TPSA) is 52.4 Å². The third kappa shape index (κ3) is 1.23. The second-order valence-electron chi connectivity index (χ2n) is 3.83. The van der Waals surface area contributed by atoms with Crippen molar-refractivity contribution >= 4 is 11.3 Å². The number of nitro groups is 1. The molecule has 3 rings (SSSR count). The van der Waals surface area contributed by atoms with Crippen molar-refractivity contribution in [3.63, 3.8) is 0 Å². The van der Waals surface area contributed by atoms with E-state index in [-0.39, 0.29) is 16.7 Å². The molecule has 80 valence electrons. The molecule has 0 amide bonds. The van der Waals surface area contributed by atoms with Crippen molar-refractivity contribution in [3.8, 4) is 5.75 Å². The van der Waals surface area contributed by atoms with E-state index in [0.717, 1.165) is 23.3 Å². The average molecular weight is 215 g/mol. The predicted octanol–water partition coefficient (Wildman–Crippen LogP) is 2.70. The summed E-state index contributed by atoms with van der Waals surface area (Å²) >= 11 is 0. The van der Waals surface area contributed by atoms with E-state index in [1.54, 1.807) is 12.1 Å². The van der Waals surface area contributed by atoms with Crippen LogP contribution in [0, 0.1) is 10.1 Å². The van der Waals surface area contributed by atoms with Gasteiger partial charge < -0.3 is 4.74 Å². The Balaban J connectivity index is 2.13. The van der Waals surface area contributed by atoms with Gasteiger partial charge in [-0.1, -0.05) is 18.2 Å². The minimum atomic E-state index is -0.382. The van der Waals surface area contributed by atoms with Crippen LogP contribution >= 0.6 is 0 Å². The summed E-state index contributed by atoms with van der Waals surface area (Å²) in [5.74, 6) is 0.741. The molecule has 0 unspecified atom stereocenters. The van der Waals surface area contributed by atoms with Crippen molar-refractivity contribution in [1.82, 2.24) is 0 Å². The lowest BCUT2D eigenvalue weighted by Gasteiger charge is -2.11. The fourth-order valence-electron chi connectivity index (χ4n) is 2.10. The van der Waals surface area contributed by atoms with Crippen LogP contribution in [0.15, 0.2) is 36.4 Å². The molecule has 1 aliphatic carbocycles. The number of non-ortho nitro benzene ring substituents is 1. The molecule has 0 radical (unpaired) electrons. The van der Waals surface area contributed by atoms with Crippen LogP contribution in [0.5, 0.6) is 5.75 Å². The van der Waals surface area contributed by atoms with Gasteiger partial charge in [-0.25, -0.2) is 0 Å². The van der Waals surface area contributed by atoms with Gasteiger partial charge >= 0.3 is 0 Å². The van der Waals surface area contributed by atoms with Crippen molar-refractivity contribution in [2.45, 2.75) is 12.5 Å². The number of benzene rings is 1. The van der Waals surface area contributed by atoms with E-state index in [1.165, 1.54) is 6.07 Å². The molecule has 1 aromatic rings. The zero-order chi connectivity index (χ0) is 11.1. The molecule has 0 saturated carbocycles. The van der Waals surface area contributed by atoms with Crippen LogP contribution in [0.3, 0.4) is 0 Å². The highest BCUT2D eigenvalue weighted by Crippen LogP contribution is 2.41.